The van der Waals surface area contributed by atoms with Crippen molar-refractivity contribution in [3.8, 4) is 0 Å². The molecule has 0 saturated heterocycles. The Bertz CT molecular complexity index is 165. The third-order valence-electron chi connectivity index (χ3n) is 4.34. The van der Waals surface area contributed by atoms with Crippen molar-refractivity contribution in [3.63, 3.8) is 0 Å². The molecule has 1 fully saturated rings. The lowest BCUT2D eigenvalue weighted by Crippen LogP contribution is -2.31. The Balaban J connectivity index is 0.00000106. The molecule has 0 aliphatic heterocycles. The fourth-order valence-corrected chi connectivity index (χ4v) is 2.95. The van der Waals surface area contributed by atoms with Crippen LogP contribution in [0.25, 0.3) is 0 Å². The molecule has 5 atom stereocenters. The maximum absolute atomic E-state index is 5.84. The zero-order chi connectivity index (χ0) is 12.7. The predicted octanol–water partition coefficient (Wildman–Crippen LogP) is 4.46. The minimum atomic E-state index is 0.381. The average molecular weight is 227 g/mol. The van der Waals surface area contributed by atoms with E-state index in [2.05, 4.69) is 27.7 Å². The van der Waals surface area contributed by atoms with Crippen LogP contribution in [0.5, 0.6) is 0 Å². The normalized spacial score (nSPS) is 36.2. The van der Waals surface area contributed by atoms with E-state index in [-0.39, 0.29) is 0 Å². The lowest BCUT2D eigenvalue weighted by Gasteiger charge is -2.39. The van der Waals surface area contributed by atoms with Crippen LogP contribution in [0.3, 0.4) is 0 Å². The molecule has 0 amide bonds. The van der Waals surface area contributed by atoms with E-state index in [1.54, 1.807) is 0 Å². The topological polar surface area (TPSA) is 26.0 Å². The Kier molecular flexibility index (Phi) is 8.09. The second-order valence-electron chi connectivity index (χ2n) is 5.61. The minimum Gasteiger partial charge on any atom is -0.328 e. The standard InChI is InChI=1S/C13H27N.C2H6/c1-9-5-6-10(2)13(12(9)4)8-7-11(3)14;1-2/h9-13H,5-8,14H2,1-4H3;1-2H3. The molecule has 0 heterocycles. The molecular weight excluding hydrogens is 194 g/mol. The Morgan fingerprint density at radius 2 is 1.56 bits per heavy atom. The van der Waals surface area contributed by atoms with Crippen molar-refractivity contribution in [2.24, 2.45) is 29.4 Å². The van der Waals surface area contributed by atoms with Crippen LogP contribution in [-0.2, 0) is 0 Å². The third kappa shape index (κ3) is 4.86. The van der Waals surface area contributed by atoms with Crippen molar-refractivity contribution in [3.05, 3.63) is 0 Å². The van der Waals surface area contributed by atoms with E-state index in [1.807, 2.05) is 13.8 Å². The molecule has 0 spiro atoms. The first-order chi connectivity index (χ1) is 7.52. The van der Waals surface area contributed by atoms with Crippen LogP contribution in [0.1, 0.15) is 67.2 Å². The number of hydrogen-bond donors (Lipinski definition) is 1. The molecule has 1 rings (SSSR count). The first kappa shape index (κ1) is 16.0. The quantitative estimate of drug-likeness (QED) is 0.757. The van der Waals surface area contributed by atoms with Gasteiger partial charge in [0, 0.05) is 6.04 Å². The van der Waals surface area contributed by atoms with Crippen LogP contribution < -0.4 is 5.73 Å². The van der Waals surface area contributed by atoms with Gasteiger partial charge in [-0.15, -0.1) is 0 Å². The zero-order valence-corrected chi connectivity index (χ0v) is 12.3. The Morgan fingerprint density at radius 3 is 2.06 bits per heavy atom. The number of hydrogen-bond acceptors (Lipinski definition) is 1. The van der Waals surface area contributed by atoms with Crippen LogP contribution in [-0.4, -0.2) is 6.04 Å². The third-order valence-corrected chi connectivity index (χ3v) is 4.34. The molecule has 1 aliphatic carbocycles. The van der Waals surface area contributed by atoms with E-state index in [0.29, 0.717) is 6.04 Å². The Hall–Kier alpha value is -0.0400. The summed E-state index contributed by atoms with van der Waals surface area (Å²) in [6.45, 7) is 13.4. The molecule has 0 aromatic carbocycles. The molecule has 1 heteroatoms. The number of nitrogens with two attached hydrogens (primary N) is 1. The zero-order valence-electron chi connectivity index (χ0n) is 12.3. The van der Waals surface area contributed by atoms with Crippen LogP contribution in [0.4, 0.5) is 0 Å². The summed E-state index contributed by atoms with van der Waals surface area (Å²) >= 11 is 0. The maximum atomic E-state index is 5.84. The monoisotopic (exact) mass is 227 g/mol. The highest BCUT2D eigenvalue weighted by atomic mass is 14.6. The summed E-state index contributed by atoms with van der Waals surface area (Å²) < 4.78 is 0. The van der Waals surface area contributed by atoms with Crippen molar-refractivity contribution < 1.29 is 0 Å². The second kappa shape index (κ2) is 8.11. The summed E-state index contributed by atoms with van der Waals surface area (Å²) in [4.78, 5) is 0. The molecule has 5 unspecified atom stereocenters. The number of rotatable bonds is 3. The van der Waals surface area contributed by atoms with Crippen molar-refractivity contribution >= 4 is 0 Å². The van der Waals surface area contributed by atoms with E-state index in [0.717, 1.165) is 23.7 Å². The van der Waals surface area contributed by atoms with Gasteiger partial charge in [0.1, 0.15) is 0 Å². The second-order valence-corrected chi connectivity index (χ2v) is 5.61. The summed E-state index contributed by atoms with van der Waals surface area (Å²) in [5.74, 6) is 3.66. The molecule has 1 nitrogen and oxygen atoms in total. The molecule has 16 heavy (non-hydrogen) atoms. The first-order valence-electron chi connectivity index (χ1n) is 7.28. The predicted molar refractivity (Wildman–Crippen MR) is 74.4 cm³/mol. The molecule has 0 radical (unpaired) electrons. The van der Waals surface area contributed by atoms with Gasteiger partial charge in [-0.05, 0) is 43.4 Å². The fraction of sp³-hybridized carbons (Fsp3) is 1.00. The van der Waals surface area contributed by atoms with Crippen molar-refractivity contribution in [2.75, 3.05) is 0 Å². The van der Waals surface area contributed by atoms with Crippen molar-refractivity contribution in [1.82, 2.24) is 0 Å². The summed E-state index contributed by atoms with van der Waals surface area (Å²) in [7, 11) is 0. The summed E-state index contributed by atoms with van der Waals surface area (Å²) in [5.41, 5.74) is 5.84. The van der Waals surface area contributed by atoms with Gasteiger partial charge in [-0.25, -0.2) is 0 Å². The van der Waals surface area contributed by atoms with Gasteiger partial charge in [-0.2, -0.15) is 0 Å². The molecule has 2 N–H and O–H groups in total. The molecule has 0 aromatic rings. The Labute approximate surface area is 103 Å². The lowest BCUT2D eigenvalue weighted by atomic mass is 9.67. The first-order valence-corrected chi connectivity index (χ1v) is 7.28. The summed E-state index contributed by atoms with van der Waals surface area (Å²) in [6, 6.07) is 0.381. The van der Waals surface area contributed by atoms with Crippen LogP contribution in [0, 0.1) is 23.7 Å². The van der Waals surface area contributed by atoms with Gasteiger partial charge in [0.2, 0.25) is 0 Å². The van der Waals surface area contributed by atoms with Crippen LogP contribution in [0.15, 0.2) is 0 Å². The van der Waals surface area contributed by atoms with Crippen LogP contribution >= 0.6 is 0 Å². The van der Waals surface area contributed by atoms with Crippen LogP contribution in [0.2, 0.25) is 0 Å². The molecule has 98 valence electrons. The largest absolute Gasteiger partial charge is 0.328 e. The van der Waals surface area contributed by atoms with Gasteiger partial charge in [0.05, 0.1) is 0 Å². The SMILES string of the molecule is CC.CC(N)CCC1C(C)CCC(C)C1C. The van der Waals surface area contributed by atoms with Gasteiger partial charge in [-0.1, -0.05) is 47.5 Å². The molecule has 1 aliphatic rings. The van der Waals surface area contributed by atoms with Gasteiger partial charge in [-0.3, -0.25) is 0 Å². The lowest BCUT2D eigenvalue weighted by molar-refractivity contribution is 0.111. The molecule has 1 saturated carbocycles. The molecule has 0 aromatic heterocycles. The van der Waals surface area contributed by atoms with E-state index in [9.17, 15) is 0 Å². The Morgan fingerprint density at radius 1 is 1.06 bits per heavy atom. The molecular formula is C15H33N. The van der Waals surface area contributed by atoms with Gasteiger partial charge in [0.25, 0.3) is 0 Å². The average Bonchev–Trinajstić information content (AvgIpc) is 2.26. The summed E-state index contributed by atoms with van der Waals surface area (Å²) in [5, 5.41) is 0. The highest BCUT2D eigenvalue weighted by Gasteiger charge is 2.31. The van der Waals surface area contributed by atoms with Gasteiger partial charge < -0.3 is 5.73 Å². The van der Waals surface area contributed by atoms with Crippen molar-refractivity contribution in [2.45, 2.75) is 73.3 Å². The van der Waals surface area contributed by atoms with E-state index >= 15 is 0 Å². The van der Waals surface area contributed by atoms with E-state index in [4.69, 9.17) is 5.73 Å². The summed E-state index contributed by atoms with van der Waals surface area (Å²) in [6.07, 6.45) is 5.39. The highest BCUT2D eigenvalue weighted by Crippen LogP contribution is 2.40. The highest BCUT2D eigenvalue weighted by molar-refractivity contribution is 4.82. The van der Waals surface area contributed by atoms with E-state index < -0.39 is 0 Å². The maximum Gasteiger partial charge on any atom is 0.00105 e. The van der Waals surface area contributed by atoms with Gasteiger partial charge in [0.15, 0.2) is 0 Å². The van der Waals surface area contributed by atoms with Crippen molar-refractivity contribution in [1.29, 1.82) is 0 Å². The van der Waals surface area contributed by atoms with Gasteiger partial charge >= 0.3 is 0 Å². The molecule has 0 bridgehead atoms. The smallest absolute Gasteiger partial charge is 0.00105 e. The fourth-order valence-electron chi connectivity index (χ4n) is 2.95. The minimum absolute atomic E-state index is 0.381. The van der Waals surface area contributed by atoms with E-state index in [1.165, 1.54) is 25.7 Å².